The number of aromatic nitrogens is 2. The van der Waals surface area contributed by atoms with Gasteiger partial charge in [0.05, 0.1) is 22.4 Å². The minimum atomic E-state index is 0.844. The highest BCUT2D eigenvalue weighted by molar-refractivity contribution is 5.85. The van der Waals surface area contributed by atoms with Crippen LogP contribution < -0.4 is 0 Å². The lowest BCUT2D eigenvalue weighted by molar-refractivity contribution is 1.29. The van der Waals surface area contributed by atoms with E-state index in [0.717, 1.165) is 38.8 Å². The summed E-state index contributed by atoms with van der Waals surface area (Å²) >= 11 is 0. The summed E-state index contributed by atoms with van der Waals surface area (Å²) in [6.07, 6.45) is 0. The summed E-state index contributed by atoms with van der Waals surface area (Å²) in [6, 6.07) is 24.3. The molecule has 0 radical (unpaired) electrons. The van der Waals surface area contributed by atoms with E-state index in [1.807, 2.05) is 48.5 Å². The van der Waals surface area contributed by atoms with Gasteiger partial charge in [0.15, 0.2) is 0 Å². The third-order valence-corrected chi connectivity index (χ3v) is 3.82. The topological polar surface area (TPSA) is 25.8 Å². The van der Waals surface area contributed by atoms with E-state index >= 15 is 0 Å². The quantitative estimate of drug-likeness (QED) is 0.525. The summed E-state index contributed by atoms with van der Waals surface area (Å²) in [7, 11) is 0. The molecule has 0 aliphatic heterocycles. The highest BCUT2D eigenvalue weighted by Crippen LogP contribution is 2.23. The van der Waals surface area contributed by atoms with Crippen molar-refractivity contribution in [2.24, 2.45) is 0 Å². The molecule has 2 nitrogen and oxygen atoms in total. The normalized spacial score (nSPS) is 10.9. The number of benzene rings is 2. The molecule has 2 heteroatoms. The molecule has 0 spiro atoms. The van der Waals surface area contributed by atoms with E-state index in [1.165, 1.54) is 0 Å². The van der Waals surface area contributed by atoms with Crippen LogP contribution in [0, 0.1) is 0 Å². The van der Waals surface area contributed by atoms with Crippen molar-refractivity contribution in [3.63, 3.8) is 0 Å². The molecule has 2 heterocycles. The number of nitrogens with zero attached hydrogens (tertiary/aromatic N) is 2. The van der Waals surface area contributed by atoms with E-state index in [1.54, 1.807) is 0 Å². The van der Waals surface area contributed by atoms with Crippen LogP contribution in [-0.2, 0) is 0 Å². The number of para-hydroxylation sites is 2. The first-order chi connectivity index (χ1) is 10.8. The van der Waals surface area contributed by atoms with Gasteiger partial charge in [0.25, 0.3) is 0 Å². The second-order valence-corrected chi connectivity index (χ2v) is 5.26. The fraction of sp³-hybridized carbons (Fsp3) is 0. The number of hydrogen-bond donors (Lipinski definition) is 0. The van der Waals surface area contributed by atoms with Gasteiger partial charge in [-0.25, -0.2) is 9.97 Å². The van der Waals surface area contributed by atoms with Crippen LogP contribution >= 0.6 is 0 Å². The zero-order chi connectivity index (χ0) is 14.9. The van der Waals surface area contributed by atoms with Gasteiger partial charge >= 0.3 is 0 Å². The SMILES string of the molecule is C=C(c1ccc2ccccc2n1)c1ccc2ccccc2n1. The first-order valence-electron chi connectivity index (χ1n) is 7.22. The molecule has 22 heavy (non-hydrogen) atoms. The van der Waals surface area contributed by atoms with Gasteiger partial charge in [-0.15, -0.1) is 0 Å². The van der Waals surface area contributed by atoms with E-state index in [9.17, 15) is 0 Å². The summed E-state index contributed by atoms with van der Waals surface area (Å²) in [5.41, 5.74) is 4.52. The highest BCUT2D eigenvalue weighted by Gasteiger charge is 2.07. The van der Waals surface area contributed by atoms with Gasteiger partial charge in [0.2, 0.25) is 0 Å². The lowest BCUT2D eigenvalue weighted by Crippen LogP contribution is -1.94. The number of rotatable bonds is 2. The molecular formula is C20H14N2. The summed E-state index contributed by atoms with van der Waals surface area (Å²) in [5, 5.41) is 2.26. The van der Waals surface area contributed by atoms with Crippen molar-refractivity contribution in [1.82, 2.24) is 9.97 Å². The van der Waals surface area contributed by atoms with E-state index in [2.05, 4.69) is 30.8 Å². The summed E-state index contributed by atoms with van der Waals surface area (Å²) in [5.74, 6) is 0. The maximum atomic E-state index is 4.69. The Kier molecular flexibility index (Phi) is 2.94. The molecular weight excluding hydrogens is 268 g/mol. The van der Waals surface area contributed by atoms with Gasteiger partial charge in [0.1, 0.15) is 0 Å². The van der Waals surface area contributed by atoms with Crippen LogP contribution in [0.4, 0.5) is 0 Å². The minimum absolute atomic E-state index is 0.844. The van der Waals surface area contributed by atoms with Gasteiger partial charge in [-0.3, -0.25) is 0 Å². The van der Waals surface area contributed by atoms with Gasteiger partial charge in [0, 0.05) is 16.3 Å². The molecule has 0 bridgehead atoms. The Hall–Kier alpha value is -3.00. The van der Waals surface area contributed by atoms with Crippen molar-refractivity contribution in [3.8, 4) is 0 Å². The third-order valence-electron chi connectivity index (χ3n) is 3.82. The Balaban J connectivity index is 1.80. The molecule has 0 fully saturated rings. The maximum absolute atomic E-state index is 4.69. The van der Waals surface area contributed by atoms with E-state index < -0.39 is 0 Å². The monoisotopic (exact) mass is 282 g/mol. The Bertz CT molecular complexity index is 921. The van der Waals surface area contributed by atoms with Crippen LogP contribution in [0.2, 0.25) is 0 Å². The Labute approximate surface area is 128 Å². The molecule has 2 aromatic heterocycles. The lowest BCUT2D eigenvalue weighted by Gasteiger charge is -2.07. The van der Waals surface area contributed by atoms with Gasteiger partial charge in [-0.05, 0) is 24.3 Å². The number of fused-ring (bicyclic) bond motifs is 2. The smallest absolute Gasteiger partial charge is 0.0725 e. The van der Waals surface area contributed by atoms with E-state index in [0.29, 0.717) is 0 Å². The summed E-state index contributed by atoms with van der Waals surface area (Å²) in [4.78, 5) is 9.38. The average molecular weight is 282 g/mol. The van der Waals surface area contributed by atoms with Gasteiger partial charge in [-0.2, -0.15) is 0 Å². The van der Waals surface area contributed by atoms with Crippen LogP contribution in [0.25, 0.3) is 27.4 Å². The predicted octanol–water partition coefficient (Wildman–Crippen LogP) is 4.84. The molecule has 4 rings (SSSR count). The van der Waals surface area contributed by atoms with E-state index in [-0.39, 0.29) is 0 Å². The Morgan fingerprint density at radius 1 is 0.591 bits per heavy atom. The van der Waals surface area contributed by atoms with Crippen molar-refractivity contribution in [2.75, 3.05) is 0 Å². The van der Waals surface area contributed by atoms with Crippen LogP contribution in [0.1, 0.15) is 11.4 Å². The standard InChI is InChI=1S/C20H14N2/c1-14(17-12-10-15-6-2-4-8-19(15)21-17)18-13-11-16-7-3-5-9-20(16)22-18/h2-13H,1H2. The van der Waals surface area contributed by atoms with E-state index in [4.69, 9.17) is 9.97 Å². The highest BCUT2D eigenvalue weighted by atomic mass is 14.7. The summed E-state index contributed by atoms with van der Waals surface area (Å²) < 4.78 is 0. The second kappa shape index (κ2) is 5.08. The number of hydrogen-bond acceptors (Lipinski definition) is 2. The average Bonchev–Trinajstić information content (AvgIpc) is 2.60. The Morgan fingerprint density at radius 2 is 1.05 bits per heavy atom. The molecule has 104 valence electrons. The van der Waals surface area contributed by atoms with Crippen LogP contribution in [0.5, 0.6) is 0 Å². The molecule has 0 amide bonds. The first kappa shape index (κ1) is 12.7. The molecule has 0 unspecified atom stereocenters. The molecule has 0 atom stereocenters. The largest absolute Gasteiger partial charge is 0.248 e. The molecule has 0 saturated carbocycles. The fourth-order valence-corrected chi connectivity index (χ4v) is 2.60. The molecule has 0 aliphatic carbocycles. The van der Waals surface area contributed by atoms with Gasteiger partial charge < -0.3 is 0 Å². The molecule has 0 N–H and O–H groups in total. The predicted molar refractivity (Wildman–Crippen MR) is 91.6 cm³/mol. The Morgan fingerprint density at radius 3 is 1.55 bits per heavy atom. The maximum Gasteiger partial charge on any atom is 0.0725 e. The second-order valence-electron chi connectivity index (χ2n) is 5.26. The van der Waals surface area contributed by atoms with Crippen LogP contribution in [-0.4, -0.2) is 9.97 Å². The zero-order valence-corrected chi connectivity index (χ0v) is 12.0. The zero-order valence-electron chi connectivity index (χ0n) is 12.0. The molecule has 4 aromatic rings. The first-order valence-corrected chi connectivity index (χ1v) is 7.22. The minimum Gasteiger partial charge on any atom is -0.248 e. The van der Waals surface area contributed by atoms with Crippen LogP contribution in [0.3, 0.4) is 0 Å². The summed E-state index contributed by atoms with van der Waals surface area (Å²) in [6.45, 7) is 4.18. The number of pyridine rings is 2. The lowest BCUT2D eigenvalue weighted by atomic mass is 10.1. The van der Waals surface area contributed by atoms with Crippen molar-refractivity contribution >= 4 is 27.4 Å². The van der Waals surface area contributed by atoms with Crippen molar-refractivity contribution in [1.29, 1.82) is 0 Å². The van der Waals surface area contributed by atoms with Crippen LogP contribution in [0.15, 0.2) is 79.4 Å². The van der Waals surface area contributed by atoms with Crippen molar-refractivity contribution < 1.29 is 0 Å². The molecule has 0 aliphatic rings. The van der Waals surface area contributed by atoms with Crippen molar-refractivity contribution in [2.45, 2.75) is 0 Å². The fourth-order valence-electron chi connectivity index (χ4n) is 2.60. The van der Waals surface area contributed by atoms with Gasteiger partial charge in [-0.1, -0.05) is 55.1 Å². The third kappa shape index (κ3) is 2.15. The molecule has 0 saturated heterocycles. The molecule has 2 aromatic carbocycles. The van der Waals surface area contributed by atoms with Crippen molar-refractivity contribution in [3.05, 3.63) is 90.8 Å².